The van der Waals surface area contributed by atoms with E-state index in [-0.39, 0.29) is 0 Å². The second-order valence-corrected chi connectivity index (χ2v) is 7.00. The van der Waals surface area contributed by atoms with Crippen LogP contribution in [0.15, 0.2) is 30.3 Å². The van der Waals surface area contributed by atoms with Crippen LogP contribution in [0.3, 0.4) is 0 Å². The minimum absolute atomic E-state index is 0.404. The van der Waals surface area contributed by atoms with Crippen molar-refractivity contribution in [2.45, 2.75) is 25.8 Å². The summed E-state index contributed by atoms with van der Waals surface area (Å²) < 4.78 is 16.8. The summed E-state index contributed by atoms with van der Waals surface area (Å²) in [7, 11) is 0.840. The standard InChI is InChI=1S/C13H23NO3Si/c1-4-5-11-18(15-2,16-3)17-12-14-13-9-7-6-8-10-13/h6-10,14H,4-5,11-12H2,1-3H3. The number of anilines is 1. The van der Waals surface area contributed by atoms with Crippen molar-refractivity contribution in [2.75, 3.05) is 26.3 Å². The molecule has 0 atom stereocenters. The minimum atomic E-state index is -2.48. The summed E-state index contributed by atoms with van der Waals surface area (Å²) in [5.74, 6) is 0. The number of hydrogen-bond donors (Lipinski definition) is 1. The van der Waals surface area contributed by atoms with Crippen LogP contribution in [0, 0.1) is 0 Å². The lowest BCUT2D eigenvalue weighted by molar-refractivity contribution is 0.105. The Morgan fingerprint density at radius 1 is 1.11 bits per heavy atom. The Balaban J connectivity index is 2.42. The molecule has 1 aromatic rings. The summed E-state index contributed by atoms with van der Waals surface area (Å²) in [6.45, 7) is 2.55. The van der Waals surface area contributed by atoms with Gasteiger partial charge in [-0.25, -0.2) is 0 Å². The number of para-hydroxylation sites is 1. The molecule has 0 saturated heterocycles. The summed E-state index contributed by atoms with van der Waals surface area (Å²) in [6, 6.07) is 10.8. The topological polar surface area (TPSA) is 39.7 Å². The zero-order valence-corrected chi connectivity index (χ0v) is 12.4. The molecule has 0 aliphatic heterocycles. The van der Waals surface area contributed by atoms with E-state index in [1.807, 2.05) is 30.3 Å². The van der Waals surface area contributed by atoms with Crippen molar-refractivity contribution in [3.63, 3.8) is 0 Å². The summed E-state index contributed by atoms with van der Waals surface area (Å²) in [4.78, 5) is 0. The van der Waals surface area contributed by atoms with Crippen LogP contribution >= 0.6 is 0 Å². The number of benzene rings is 1. The molecule has 5 heteroatoms. The van der Waals surface area contributed by atoms with E-state index in [2.05, 4.69) is 12.2 Å². The molecule has 0 spiro atoms. The van der Waals surface area contributed by atoms with Gasteiger partial charge in [0.05, 0.1) is 0 Å². The van der Waals surface area contributed by atoms with Crippen LogP contribution < -0.4 is 5.32 Å². The van der Waals surface area contributed by atoms with E-state index in [0.717, 1.165) is 24.6 Å². The van der Waals surface area contributed by atoms with Crippen molar-refractivity contribution in [1.29, 1.82) is 0 Å². The highest BCUT2D eigenvalue weighted by molar-refractivity contribution is 6.60. The highest BCUT2D eigenvalue weighted by Gasteiger charge is 2.38. The molecule has 0 heterocycles. The van der Waals surface area contributed by atoms with Crippen molar-refractivity contribution >= 4 is 14.5 Å². The SMILES string of the molecule is CCCC[Si](OC)(OC)OCNc1ccccc1. The van der Waals surface area contributed by atoms with Crippen LogP contribution in [0.1, 0.15) is 19.8 Å². The Morgan fingerprint density at radius 3 is 2.33 bits per heavy atom. The Labute approximate surface area is 111 Å². The number of unbranched alkanes of at least 4 members (excludes halogenated alkanes) is 1. The molecule has 0 saturated carbocycles. The van der Waals surface area contributed by atoms with Gasteiger partial charge in [-0.15, -0.1) is 0 Å². The lowest BCUT2D eigenvalue weighted by atomic mass is 10.3. The molecule has 0 amide bonds. The van der Waals surface area contributed by atoms with E-state index in [1.165, 1.54) is 0 Å². The highest BCUT2D eigenvalue weighted by Crippen LogP contribution is 2.17. The second-order valence-electron chi connectivity index (χ2n) is 4.03. The van der Waals surface area contributed by atoms with Crippen LogP contribution in [-0.2, 0) is 13.3 Å². The molecule has 0 aliphatic carbocycles. The maximum atomic E-state index is 5.82. The normalized spacial score (nSPS) is 11.5. The third-order valence-corrected chi connectivity index (χ3v) is 5.59. The van der Waals surface area contributed by atoms with Gasteiger partial charge < -0.3 is 18.6 Å². The first kappa shape index (κ1) is 15.2. The molecule has 0 unspecified atom stereocenters. The molecular formula is C13H23NO3Si. The van der Waals surface area contributed by atoms with Gasteiger partial charge in [0, 0.05) is 26.0 Å². The average Bonchev–Trinajstić information content (AvgIpc) is 2.44. The number of nitrogens with one attached hydrogen (secondary N) is 1. The second kappa shape index (κ2) is 8.26. The fourth-order valence-electron chi connectivity index (χ4n) is 1.66. The van der Waals surface area contributed by atoms with Gasteiger partial charge in [-0.3, -0.25) is 0 Å². The first-order valence-electron chi connectivity index (χ1n) is 6.29. The van der Waals surface area contributed by atoms with Crippen LogP contribution in [0.25, 0.3) is 0 Å². The van der Waals surface area contributed by atoms with Gasteiger partial charge in [-0.1, -0.05) is 31.5 Å². The quantitative estimate of drug-likeness (QED) is 0.552. The summed E-state index contributed by atoms with van der Waals surface area (Å²) in [5, 5.41) is 3.20. The van der Waals surface area contributed by atoms with Gasteiger partial charge in [0.2, 0.25) is 0 Å². The molecule has 102 valence electrons. The lowest BCUT2D eigenvalue weighted by Gasteiger charge is -2.26. The molecular weight excluding hydrogens is 246 g/mol. The molecule has 0 fully saturated rings. The largest absolute Gasteiger partial charge is 0.501 e. The van der Waals surface area contributed by atoms with Gasteiger partial charge >= 0.3 is 8.80 Å². The van der Waals surface area contributed by atoms with Crippen LogP contribution in [-0.4, -0.2) is 29.8 Å². The van der Waals surface area contributed by atoms with E-state index in [4.69, 9.17) is 13.3 Å². The van der Waals surface area contributed by atoms with Crippen molar-refractivity contribution in [2.24, 2.45) is 0 Å². The van der Waals surface area contributed by atoms with Gasteiger partial charge in [0.25, 0.3) is 0 Å². The molecule has 0 aliphatic rings. The lowest BCUT2D eigenvalue weighted by Crippen LogP contribution is -2.44. The average molecular weight is 269 g/mol. The first-order valence-corrected chi connectivity index (χ1v) is 8.22. The molecule has 0 bridgehead atoms. The maximum Gasteiger partial charge on any atom is 0.501 e. The maximum absolute atomic E-state index is 5.82. The zero-order valence-electron chi connectivity index (χ0n) is 11.4. The summed E-state index contributed by atoms with van der Waals surface area (Å²) >= 11 is 0. The fraction of sp³-hybridized carbons (Fsp3) is 0.538. The first-order chi connectivity index (χ1) is 8.76. The highest BCUT2D eigenvalue weighted by atomic mass is 28.4. The summed E-state index contributed by atoms with van der Waals surface area (Å²) in [5.41, 5.74) is 1.03. The monoisotopic (exact) mass is 269 g/mol. The van der Waals surface area contributed by atoms with E-state index in [9.17, 15) is 0 Å². The predicted molar refractivity (Wildman–Crippen MR) is 75.5 cm³/mol. The molecule has 0 radical (unpaired) electrons. The van der Waals surface area contributed by atoms with Gasteiger partial charge in [0.15, 0.2) is 0 Å². The predicted octanol–water partition coefficient (Wildman–Crippen LogP) is 3.10. The number of rotatable bonds is 9. The van der Waals surface area contributed by atoms with Gasteiger partial charge in [-0.2, -0.15) is 0 Å². The third kappa shape index (κ3) is 4.78. The van der Waals surface area contributed by atoms with Crippen molar-refractivity contribution in [3.8, 4) is 0 Å². The summed E-state index contributed by atoms with van der Waals surface area (Å²) in [6.07, 6.45) is 2.16. The molecule has 18 heavy (non-hydrogen) atoms. The third-order valence-electron chi connectivity index (χ3n) is 2.80. The van der Waals surface area contributed by atoms with E-state index >= 15 is 0 Å². The minimum Gasteiger partial charge on any atom is -0.377 e. The Bertz CT molecular complexity index is 317. The van der Waals surface area contributed by atoms with Crippen molar-refractivity contribution in [1.82, 2.24) is 0 Å². The smallest absolute Gasteiger partial charge is 0.377 e. The zero-order chi connectivity index (χ0) is 13.3. The molecule has 1 N–H and O–H groups in total. The molecule has 1 rings (SSSR count). The van der Waals surface area contributed by atoms with Crippen molar-refractivity contribution < 1.29 is 13.3 Å². The van der Waals surface area contributed by atoms with E-state index in [0.29, 0.717) is 6.73 Å². The van der Waals surface area contributed by atoms with Crippen LogP contribution in [0.5, 0.6) is 0 Å². The Morgan fingerprint density at radius 2 is 1.78 bits per heavy atom. The Hall–Kier alpha value is -0.883. The van der Waals surface area contributed by atoms with Gasteiger partial charge in [0.1, 0.15) is 6.73 Å². The molecule has 4 nitrogen and oxygen atoms in total. The van der Waals surface area contributed by atoms with Crippen LogP contribution in [0.4, 0.5) is 5.69 Å². The van der Waals surface area contributed by atoms with E-state index < -0.39 is 8.80 Å². The van der Waals surface area contributed by atoms with E-state index in [1.54, 1.807) is 14.2 Å². The molecule has 0 aromatic heterocycles. The van der Waals surface area contributed by atoms with Gasteiger partial charge in [-0.05, 0) is 18.6 Å². The Kier molecular flexibility index (Phi) is 6.96. The molecule has 1 aromatic carbocycles. The van der Waals surface area contributed by atoms with Crippen LogP contribution in [0.2, 0.25) is 6.04 Å². The number of hydrogen-bond acceptors (Lipinski definition) is 4. The van der Waals surface area contributed by atoms with Crippen molar-refractivity contribution in [3.05, 3.63) is 30.3 Å². The fourth-order valence-corrected chi connectivity index (χ4v) is 3.69.